The molecule has 67 heavy (non-hydrogen) atoms. The van der Waals surface area contributed by atoms with E-state index in [4.69, 9.17) is 14.2 Å². The molecular weight excluding hydrogens is 829 g/mol. The maximum absolute atomic E-state index is 12.9. The minimum absolute atomic E-state index is 0.0795. The van der Waals surface area contributed by atoms with E-state index in [2.05, 4.69) is 57.2 Å². The van der Waals surface area contributed by atoms with Gasteiger partial charge in [-0.1, -0.05) is 269 Å². The Morgan fingerprint density at radius 2 is 0.552 bits per heavy atom. The van der Waals surface area contributed by atoms with Crippen LogP contribution in [0.4, 0.5) is 0 Å². The molecule has 0 N–H and O–H groups in total. The first-order valence-corrected chi connectivity index (χ1v) is 29.5. The second-order valence-corrected chi connectivity index (χ2v) is 19.9. The molecule has 0 radical (unpaired) electrons. The molecule has 0 aliphatic heterocycles. The second-order valence-electron chi connectivity index (χ2n) is 19.9. The van der Waals surface area contributed by atoms with Crippen LogP contribution in [0, 0.1) is 0 Å². The molecule has 0 fully saturated rings. The van der Waals surface area contributed by atoms with Gasteiger partial charge in [-0.2, -0.15) is 0 Å². The molecule has 0 amide bonds. The molecular formula is C61H112O6. The number of carbonyl (C=O) groups excluding carboxylic acids is 3. The van der Waals surface area contributed by atoms with Crippen molar-refractivity contribution in [3.8, 4) is 0 Å². The van der Waals surface area contributed by atoms with Gasteiger partial charge in [0.15, 0.2) is 6.10 Å². The van der Waals surface area contributed by atoms with E-state index < -0.39 is 6.10 Å². The summed E-state index contributed by atoms with van der Waals surface area (Å²) in [5.41, 5.74) is 0. The minimum atomic E-state index is -0.781. The Bertz CT molecular complexity index is 1130. The molecule has 1 atom stereocenters. The van der Waals surface area contributed by atoms with Gasteiger partial charge in [0.1, 0.15) is 13.2 Å². The monoisotopic (exact) mass is 941 g/mol. The maximum atomic E-state index is 12.9. The highest BCUT2D eigenvalue weighted by Crippen LogP contribution is 2.17. The van der Waals surface area contributed by atoms with Crippen molar-refractivity contribution in [1.29, 1.82) is 0 Å². The molecule has 0 spiro atoms. The summed E-state index contributed by atoms with van der Waals surface area (Å²) in [5, 5.41) is 0. The van der Waals surface area contributed by atoms with E-state index in [0.717, 1.165) is 70.6 Å². The molecule has 0 saturated carbocycles. The van der Waals surface area contributed by atoms with Crippen LogP contribution >= 0.6 is 0 Å². The van der Waals surface area contributed by atoms with E-state index in [9.17, 15) is 14.4 Å². The van der Waals surface area contributed by atoms with Crippen molar-refractivity contribution in [2.45, 2.75) is 322 Å². The van der Waals surface area contributed by atoms with Crippen LogP contribution in [0.3, 0.4) is 0 Å². The fourth-order valence-electron chi connectivity index (χ4n) is 8.65. The summed E-state index contributed by atoms with van der Waals surface area (Å²) < 4.78 is 16.8. The largest absolute Gasteiger partial charge is 0.462 e. The maximum Gasteiger partial charge on any atom is 0.306 e. The summed E-state index contributed by atoms with van der Waals surface area (Å²) in [6.45, 7) is 6.60. The molecule has 6 heteroatoms. The van der Waals surface area contributed by atoms with Gasteiger partial charge in [0.05, 0.1) is 0 Å². The summed E-state index contributed by atoms with van der Waals surface area (Å²) in [7, 11) is 0. The molecule has 0 bridgehead atoms. The Balaban J connectivity index is 4.30. The summed E-state index contributed by atoms with van der Waals surface area (Å²) in [6, 6.07) is 0. The van der Waals surface area contributed by atoms with Crippen LogP contribution in [0.2, 0.25) is 0 Å². The number of esters is 3. The number of rotatable bonds is 54. The van der Waals surface area contributed by atoms with E-state index in [-0.39, 0.29) is 31.1 Å². The van der Waals surface area contributed by atoms with Crippen molar-refractivity contribution in [1.82, 2.24) is 0 Å². The molecule has 392 valence electrons. The normalized spacial score (nSPS) is 12.2. The fourth-order valence-corrected chi connectivity index (χ4v) is 8.65. The molecule has 1 unspecified atom stereocenters. The van der Waals surface area contributed by atoms with Crippen LogP contribution in [-0.4, -0.2) is 37.2 Å². The van der Waals surface area contributed by atoms with Crippen LogP contribution in [0.25, 0.3) is 0 Å². The highest BCUT2D eigenvalue weighted by molar-refractivity contribution is 5.71. The lowest BCUT2D eigenvalue weighted by molar-refractivity contribution is -0.167. The molecule has 0 rings (SSSR count). The van der Waals surface area contributed by atoms with Crippen LogP contribution in [0.5, 0.6) is 0 Å². The third-order valence-corrected chi connectivity index (χ3v) is 13.1. The third kappa shape index (κ3) is 54.4. The lowest BCUT2D eigenvalue weighted by atomic mass is 10.0. The number of unbranched alkanes of at least 4 members (excludes halogenated alkanes) is 38. The Labute approximate surface area is 416 Å². The molecule has 6 nitrogen and oxygen atoms in total. The van der Waals surface area contributed by atoms with Gasteiger partial charge in [0.2, 0.25) is 0 Å². The van der Waals surface area contributed by atoms with Gasteiger partial charge >= 0.3 is 17.9 Å². The van der Waals surface area contributed by atoms with E-state index in [1.54, 1.807) is 0 Å². The van der Waals surface area contributed by atoms with Crippen molar-refractivity contribution in [3.63, 3.8) is 0 Å². The van der Waals surface area contributed by atoms with Gasteiger partial charge in [-0.05, 0) is 64.2 Å². The van der Waals surface area contributed by atoms with Crippen LogP contribution < -0.4 is 0 Å². The Kier molecular flexibility index (Phi) is 54.2. The summed E-state index contributed by atoms with van der Waals surface area (Å²) in [5.74, 6) is -0.895. The average Bonchev–Trinajstić information content (AvgIpc) is 3.33. The molecule has 0 heterocycles. The molecule has 0 aromatic rings. The highest BCUT2D eigenvalue weighted by atomic mass is 16.6. The summed E-state index contributed by atoms with van der Waals surface area (Å²) >= 11 is 0. The van der Waals surface area contributed by atoms with Gasteiger partial charge in [-0.15, -0.1) is 0 Å². The number of hydrogen-bond acceptors (Lipinski definition) is 6. The quantitative estimate of drug-likeness (QED) is 0.0199. The highest BCUT2D eigenvalue weighted by Gasteiger charge is 2.19. The molecule has 0 aliphatic rings. The van der Waals surface area contributed by atoms with Gasteiger partial charge in [0, 0.05) is 19.3 Å². The third-order valence-electron chi connectivity index (χ3n) is 13.1. The van der Waals surface area contributed by atoms with E-state index >= 15 is 0 Å². The van der Waals surface area contributed by atoms with Gasteiger partial charge in [-0.25, -0.2) is 0 Å². The van der Waals surface area contributed by atoms with Crippen molar-refractivity contribution in [2.24, 2.45) is 0 Å². The molecule has 0 aromatic carbocycles. The summed E-state index contributed by atoms with van der Waals surface area (Å²) in [6.07, 6.45) is 67.2. The number of hydrogen-bond donors (Lipinski definition) is 0. The Morgan fingerprint density at radius 3 is 0.896 bits per heavy atom. The fraction of sp³-hybridized carbons (Fsp3) is 0.852. The average molecular weight is 942 g/mol. The standard InChI is InChI=1S/C61H112O6/c1-4-7-10-13-16-19-22-24-26-28-30-32-34-36-39-42-45-48-51-54-60(63)66-57-58(56-65-59(62)53-50-47-44-41-38-21-18-15-12-9-6-3)67-61(64)55-52-49-46-43-40-37-35-33-31-29-27-25-23-20-17-14-11-8-5-2/h15,18,21,28,30,38,58H,4-14,16-17,19-20,22-27,29,31-37,39-57H2,1-3H3/b18-15-,30-28-,38-21-. The Morgan fingerprint density at radius 1 is 0.299 bits per heavy atom. The number of ether oxygens (including phenoxy) is 3. The zero-order chi connectivity index (χ0) is 48.6. The van der Waals surface area contributed by atoms with Crippen molar-refractivity contribution >= 4 is 17.9 Å². The van der Waals surface area contributed by atoms with Crippen molar-refractivity contribution < 1.29 is 28.6 Å². The first-order chi connectivity index (χ1) is 33.0. The zero-order valence-corrected chi connectivity index (χ0v) is 44.9. The SMILES string of the molecule is CCCC/C=C\C=C/CCCCCC(=O)OCC(COC(=O)CCCCCCCCC/C=C\CCCCCCCCCC)OC(=O)CCCCCCCCCCCCCCCCCCCCC. The molecule has 0 aromatic heterocycles. The van der Waals surface area contributed by atoms with Crippen molar-refractivity contribution in [3.05, 3.63) is 36.5 Å². The second kappa shape index (κ2) is 56.2. The predicted molar refractivity (Wildman–Crippen MR) is 289 cm³/mol. The smallest absolute Gasteiger partial charge is 0.306 e. The lowest BCUT2D eigenvalue weighted by Crippen LogP contribution is -2.30. The van der Waals surface area contributed by atoms with Crippen molar-refractivity contribution in [2.75, 3.05) is 13.2 Å². The zero-order valence-electron chi connectivity index (χ0n) is 44.9. The van der Waals surface area contributed by atoms with Gasteiger partial charge in [0.25, 0.3) is 0 Å². The van der Waals surface area contributed by atoms with E-state index in [1.807, 2.05) is 0 Å². The first kappa shape index (κ1) is 64.6. The van der Waals surface area contributed by atoms with E-state index in [0.29, 0.717) is 19.3 Å². The topological polar surface area (TPSA) is 78.9 Å². The van der Waals surface area contributed by atoms with Crippen LogP contribution in [0.1, 0.15) is 316 Å². The molecule has 0 saturated heterocycles. The molecule has 0 aliphatic carbocycles. The number of carbonyl (C=O) groups is 3. The van der Waals surface area contributed by atoms with Gasteiger partial charge < -0.3 is 14.2 Å². The first-order valence-electron chi connectivity index (χ1n) is 29.5. The summed E-state index contributed by atoms with van der Waals surface area (Å²) in [4.78, 5) is 38.1. The lowest BCUT2D eigenvalue weighted by Gasteiger charge is -2.18. The van der Waals surface area contributed by atoms with Gasteiger partial charge in [-0.3, -0.25) is 14.4 Å². The van der Waals surface area contributed by atoms with Crippen LogP contribution in [0.15, 0.2) is 36.5 Å². The van der Waals surface area contributed by atoms with Crippen LogP contribution in [-0.2, 0) is 28.6 Å². The van der Waals surface area contributed by atoms with E-state index in [1.165, 1.54) is 205 Å². The predicted octanol–water partition coefficient (Wildman–Crippen LogP) is 19.7. The number of allylic oxidation sites excluding steroid dienone is 6. The minimum Gasteiger partial charge on any atom is -0.462 e. The Hall–Kier alpha value is -2.37.